The highest BCUT2D eigenvalue weighted by Gasteiger charge is 2.32. The van der Waals surface area contributed by atoms with Gasteiger partial charge in [0, 0.05) is 11.1 Å². The van der Waals surface area contributed by atoms with Gasteiger partial charge in [-0.05, 0) is 65.5 Å². The van der Waals surface area contributed by atoms with Crippen LogP contribution >= 0.6 is 0 Å². The van der Waals surface area contributed by atoms with Gasteiger partial charge < -0.3 is 0 Å². The number of hydrogen-bond acceptors (Lipinski definition) is 1. The van der Waals surface area contributed by atoms with Crippen molar-refractivity contribution in [1.82, 2.24) is 4.98 Å². The molecule has 0 aliphatic heterocycles. The molecule has 1 unspecified atom stereocenters. The molecule has 0 amide bonds. The SMILES string of the molecule is [B]CCC1Cc2c(nc3c(c2-c2cccc(C)c2)CCc2ccccc2-3)-c2ccccc21. The van der Waals surface area contributed by atoms with E-state index < -0.39 is 0 Å². The summed E-state index contributed by atoms with van der Waals surface area (Å²) < 4.78 is 0. The summed E-state index contributed by atoms with van der Waals surface area (Å²) in [7, 11) is 6.05. The molecule has 1 aromatic heterocycles. The largest absolute Gasteiger partial charge is 0.247 e. The van der Waals surface area contributed by atoms with Crippen molar-refractivity contribution in [2.75, 3.05) is 0 Å². The third-order valence-corrected chi connectivity index (χ3v) is 7.24. The Morgan fingerprint density at radius 3 is 2.47 bits per heavy atom. The van der Waals surface area contributed by atoms with Crippen LogP contribution in [0.5, 0.6) is 0 Å². The lowest BCUT2D eigenvalue weighted by atomic mass is 9.73. The summed E-state index contributed by atoms with van der Waals surface area (Å²) in [6, 6.07) is 26.6. The minimum Gasteiger partial charge on any atom is -0.247 e. The van der Waals surface area contributed by atoms with Crippen molar-refractivity contribution in [3.8, 4) is 33.6 Å². The Labute approximate surface area is 192 Å². The van der Waals surface area contributed by atoms with Gasteiger partial charge in [-0.2, -0.15) is 0 Å². The van der Waals surface area contributed by atoms with E-state index in [1.54, 1.807) is 0 Å². The summed E-state index contributed by atoms with van der Waals surface area (Å²) in [5.74, 6) is 0.447. The fourth-order valence-corrected chi connectivity index (χ4v) is 5.82. The first kappa shape index (κ1) is 19.6. The number of benzene rings is 3. The first-order valence-electron chi connectivity index (χ1n) is 11.7. The maximum Gasteiger partial charge on any atom is 0.0750 e. The summed E-state index contributed by atoms with van der Waals surface area (Å²) in [6.45, 7) is 2.19. The zero-order chi connectivity index (χ0) is 21.7. The lowest BCUT2D eigenvalue weighted by Gasteiger charge is -2.32. The minimum absolute atomic E-state index is 0.447. The van der Waals surface area contributed by atoms with Gasteiger partial charge in [0.15, 0.2) is 0 Å². The summed E-state index contributed by atoms with van der Waals surface area (Å²) in [4.78, 5) is 5.41. The van der Waals surface area contributed by atoms with E-state index in [0.29, 0.717) is 12.2 Å². The van der Waals surface area contributed by atoms with Gasteiger partial charge in [-0.15, -0.1) is 0 Å². The molecule has 2 radical (unpaired) electrons. The maximum atomic E-state index is 6.05. The van der Waals surface area contributed by atoms with Gasteiger partial charge in [0.1, 0.15) is 0 Å². The zero-order valence-electron chi connectivity index (χ0n) is 18.6. The average Bonchev–Trinajstić information content (AvgIpc) is 2.83. The Morgan fingerprint density at radius 1 is 0.844 bits per heavy atom. The Hall–Kier alpha value is -3.13. The molecule has 1 atom stereocenters. The highest BCUT2D eigenvalue weighted by Crippen LogP contribution is 2.48. The first-order chi connectivity index (χ1) is 15.7. The van der Waals surface area contributed by atoms with Crippen molar-refractivity contribution < 1.29 is 0 Å². The Kier molecular flexibility index (Phi) is 4.75. The molecule has 154 valence electrons. The van der Waals surface area contributed by atoms with E-state index in [9.17, 15) is 0 Å². The molecule has 32 heavy (non-hydrogen) atoms. The van der Waals surface area contributed by atoms with E-state index >= 15 is 0 Å². The molecular formula is C30H26BN. The smallest absolute Gasteiger partial charge is 0.0750 e. The van der Waals surface area contributed by atoms with Crippen molar-refractivity contribution in [3.63, 3.8) is 0 Å². The molecule has 0 spiro atoms. The van der Waals surface area contributed by atoms with Gasteiger partial charge in [-0.25, -0.2) is 4.98 Å². The van der Waals surface area contributed by atoms with Crippen molar-refractivity contribution in [2.45, 2.75) is 44.8 Å². The maximum absolute atomic E-state index is 6.05. The van der Waals surface area contributed by atoms with Gasteiger partial charge in [0.25, 0.3) is 0 Å². The van der Waals surface area contributed by atoms with Gasteiger partial charge >= 0.3 is 0 Å². The molecule has 0 bridgehead atoms. The lowest BCUT2D eigenvalue weighted by Crippen LogP contribution is -2.17. The van der Waals surface area contributed by atoms with Crippen LogP contribution in [0.4, 0.5) is 0 Å². The number of fused-ring (bicyclic) bond motifs is 6. The number of aromatic nitrogens is 1. The van der Waals surface area contributed by atoms with Crippen molar-refractivity contribution in [2.24, 2.45) is 0 Å². The van der Waals surface area contributed by atoms with Crippen LogP contribution in [0.2, 0.25) is 6.32 Å². The summed E-state index contributed by atoms with van der Waals surface area (Å²) in [5, 5.41) is 0. The summed E-state index contributed by atoms with van der Waals surface area (Å²) in [5.41, 5.74) is 14.6. The van der Waals surface area contributed by atoms with Gasteiger partial charge in [-0.1, -0.05) is 91.1 Å². The molecule has 1 heterocycles. The van der Waals surface area contributed by atoms with Crippen LogP contribution in [0.3, 0.4) is 0 Å². The number of hydrogen-bond donors (Lipinski definition) is 0. The van der Waals surface area contributed by atoms with Crippen LogP contribution < -0.4 is 0 Å². The molecule has 2 aliphatic carbocycles. The van der Waals surface area contributed by atoms with Gasteiger partial charge in [-0.3, -0.25) is 0 Å². The van der Waals surface area contributed by atoms with Gasteiger partial charge in [0.05, 0.1) is 19.2 Å². The fraction of sp³-hybridized carbons (Fsp3) is 0.233. The molecule has 2 heteroatoms. The lowest BCUT2D eigenvalue weighted by molar-refractivity contribution is 0.651. The van der Waals surface area contributed by atoms with Crippen LogP contribution in [0.1, 0.15) is 40.2 Å². The fourth-order valence-electron chi connectivity index (χ4n) is 5.82. The molecule has 6 rings (SSSR count). The molecule has 0 fully saturated rings. The highest BCUT2D eigenvalue weighted by atomic mass is 14.7. The number of aryl methyl sites for hydroxylation is 2. The van der Waals surface area contributed by atoms with E-state index in [4.69, 9.17) is 12.8 Å². The van der Waals surface area contributed by atoms with Gasteiger partial charge in [0.2, 0.25) is 0 Å². The van der Waals surface area contributed by atoms with E-state index in [1.807, 2.05) is 0 Å². The van der Waals surface area contributed by atoms with E-state index in [1.165, 1.54) is 61.5 Å². The average molecular weight is 411 g/mol. The van der Waals surface area contributed by atoms with Crippen LogP contribution in [0.25, 0.3) is 33.6 Å². The van der Waals surface area contributed by atoms with Crippen LogP contribution in [-0.2, 0) is 19.3 Å². The quantitative estimate of drug-likeness (QED) is 0.328. The molecule has 1 nitrogen and oxygen atoms in total. The predicted octanol–water partition coefficient (Wildman–Crippen LogP) is 7.11. The second-order valence-electron chi connectivity index (χ2n) is 9.23. The van der Waals surface area contributed by atoms with Crippen molar-refractivity contribution in [1.29, 1.82) is 0 Å². The molecule has 0 saturated carbocycles. The Balaban J connectivity index is 1.70. The third-order valence-electron chi connectivity index (χ3n) is 7.24. The van der Waals surface area contributed by atoms with Crippen molar-refractivity contribution in [3.05, 3.63) is 101 Å². The monoisotopic (exact) mass is 411 g/mol. The number of rotatable bonds is 3. The standard InChI is InChI=1S/C30H26BN/c1-19-7-6-9-22(17-19)28-26-14-13-20-8-2-3-11-24(20)29(26)32-30-25-12-5-4-10-23(25)21(15-16-31)18-27(28)30/h2-12,17,21H,13-16,18H2,1H3. The normalized spacial score (nSPS) is 16.0. The second-order valence-corrected chi connectivity index (χ2v) is 9.23. The highest BCUT2D eigenvalue weighted by molar-refractivity contribution is 6.08. The van der Waals surface area contributed by atoms with E-state index in [0.717, 1.165) is 25.7 Å². The molecule has 2 aliphatic rings. The summed E-state index contributed by atoms with van der Waals surface area (Å²) in [6.07, 6.45) is 4.84. The number of pyridine rings is 1. The van der Waals surface area contributed by atoms with E-state index in [2.05, 4.69) is 79.7 Å². The topological polar surface area (TPSA) is 12.9 Å². The Bertz CT molecular complexity index is 1340. The van der Waals surface area contributed by atoms with Crippen molar-refractivity contribution >= 4 is 7.85 Å². The summed E-state index contributed by atoms with van der Waals surface area (Å²) >= 11 is 0. The predicted molar refractivity (Wildman–Crippen MR) is 134 cm³/mol. The van der Waals surface area contributed by atoms with E-state index in [-0.39, 0.29) is 0 Å². The Morgan fingerprint density at radius 2 is 1.62 bits per heavy atom. The van der Waals surface area contributed by atoms with Crippen LogP contribution in [-0.4, -0.2) is 12.8 Å². The second kappa shape index (κ2) is 7.78. The molecule has 4 aromatic rings. The molecule has 0 saturated heterocycles. The minimum atomic E-state index is 0.447. The molecule has 0 N–H and O–H groups in total. The number of nitrogens with zero attached hydrogens (tertiary/aromatic N) is 1. The first-order valence-corrected chi connectivity index (χ1v) is 11.7. The van der Waals surface area contributed by atoms with Crippen LogP contribution in [0, 0.1) is 6.92 Å². The zero-order valence-corrected chi connectivity index (χ0v) is 18.6. The third kappa shape index (κ3) is 3.04. The molecule has 3 aromatic carbocycles. The molecular weight excluding hydrogens is 385 g/mol. The van der Waals surface area contributed by atoms with Crippen LogP contribution in [0.15, 0.2) is 72.8 Å².